The van der Waals surface area contributed by atoms with Crippen molar-refractivity contribution in [3.05, 3.63) is 54.3 Å². The van der Waals surface area contributed by atoms with E-state index in [0.717, 1.165) is 5.39 Å². The van der Waals surface area contributed by atoms with Gasteiger partial charge in [-0.2, -0.15) is 0 Å². The first-order chi connectivity index (χ1) is 11.5. The highest BCUT2D eigenvalue weighted by Gasteiger charge is 2.52. The van der Waals surface area contributed by atoms with Crippen molar-refractivity contribution in [2.75, 3.05) is 6.61 Å². The second kappa shape index (κ2) is 5.80. The summed E-state index contributed by atoms with van der Waals surface area (Å²) in [5, 5.41) is 0.733. The smallest absolute Gasteiger partial charge is 0.338 e. The van der Waals surface area contributed by atoms with E-state index in [2.05, 4.69) is 4.98 Å². The first kappa shape index (κ1) is 15.5. The van der Waals surface area contributed by atoms with E-state index in [9.17, 15) is 4.79 Å². The summed E-state index contributed by atoms with van der Waals surface area (Å²) in [7, 11) is 0. The van der Waals surface area contributed by atoms with E-state index >= 15 is 0 Å². The third-order valence-corrected chi connectivity index (χ3v) is 5.01. The average Bonchev–Trinajstić information content (AvgIpc) is 2.99. The molecule has 0 amide bonds. The van der Waals surface area contributed by atoms with E-state index < -0.39 is 10.3 Å². The Bertz CT molecular complexity index is 906. The summed E-state index contributed by atoms with van der Waals surface area (Å²) in [5.74, 6) is 0.164. The molecule has 1 atom stereocenters. The highest BCUT2D eigenvalue weighted by Crippen LogP contribution is 2.53. The van der Waals surface area contributed by atoms with Crippen LogP contribution in [0.2, 0.25) is 0 Å². The molecule has 0 spiro atoms. The molecule has 3 aromatic rings. The minimum absolute atomic E-state index is 0.0116. The van der Waals surface area contributed by atoms with Crippen LogP contribution in [0, 0.1) is 5.92 Å². The number of hydrogen-bond donors (Lipinski definition) is 0. The molecule has 1 saturated carbocycles. The van der Waals surface area contributed by atoms with Gasteiger partial charge in [-0.15, -0.1) is 23.2 Å². The Balaban J connectivity index is 1.69. The van der Waals surface area contributed by atoms with Crippen molar-refractivity contribution < 1.29 is 13.9 Å². The number of hydrogen-bond acceptors (Lipinski definition) is 4. The molecule has 4 rings (SSSR count). The molecule has 0 bridgehead atoms. The molecule has 2 heterocycles. The van der Waals surface area contributed by atoms with Crippen molar-refractivity contribution in [3.63, 3.8) is 0 Å². The number of rotatable bonds is 4. The topological polar surface area (TPSA) is 52.3 Å². The Morgan fingerprint density at radius 2 is 2.08 bits per heavy atom. The van der Waals surface area contributed by atoms with Crippen LogP contribution in [0.15, 0.2) is 53.1 Å². The number of alkyl halides is 2. The monoisotopic (exact) mass is 361 g/mol. The quantitative estimate of drug-likeness (QED) is 0.492. The number of carbonyl (C=O) groups excluding carboxylic acids is 1. The number of carbonyl (C=O) groups is 1. The minimum Gasteiger partial charge on any atom is -0.463 e. The first-order valence-electron chi connectivity index (χ1n) is 7.53. The number of para-hydroxylation sites is 1. The zero-order valence-electron chi connectivity index (χ0n) is 12.5. The summed E-state index contributed by atoms with van der Waals surface area (Å²) < 4.78 is 10.0. The fourth-order valence-corrected chi connectivity index (χ4v) is 3.10. The number of ether oxygens (including phenoxy) is 1. The SMILES string of the molecule is O=C(OC[C@@H]1CC1(Cl)Cl)c1cc(-c2ccco2)nc2ccccc12. The fraction of sp³-hybridized carbons (Fsp3) is 0.222. The predicted octanol–water partition coefficient (Wildman–Crippen LogP) is 4.85. The second-order valence-electron chi connectivity index (χ2n) is 5.81. The zero-order valence-corrected chi connectivity index (χ0v) is 14.1. The number of nitrogens with zero attached hydrogens (tertiary/aromatic N) is 1. The standard InChI is InChI=1S/C18H13Cl2NO3/c19-18(20)9-11(18)10-24-17(22)13-8-15(16-6-3-7-23-16)21-14-5-2-1-4-12(13)14/h1-8,11H,9-10H2/t11-/m0/s1. The lowest BCUT2D eigenvalue weighted by Crippen LogP contribution is -2.11. The number of benzene rings is 1. The van der Waals surface area contributed by atoms with E-state index in [-0.39, 0.29) is 12.5 Å². The normalized spacial score (nSPS) is 18.5. The van der Waals surface area contributed by atoms with Crippen molar-refractivity contribution in [2.45, 2.75) is 10.8 Å². The third-order valence-electron chi connectivity index (χ3n) is 4.08. The van der Waals surface area contributed by atoms with Crippen molar-refractivity contribution in [3.8, 4) is 11.5 Å². The molecule has 0 unspecified atom stereocenters. The molecule has 0 radical (unpaired) electrons. The summed E-state index contributed by atoms with van der Waals surface area (Å²) in [6, 6.07) is 12.7. The predicted molar refractivity (Wildman–Crippen MR) is 92.3 cm³/mol. The van der Waals surface area contributed by atoms with Crippen LogP contribution in [-0.2, 0) is 4.74 Å². The molecule has 1 aliphatic rings. The Morgan fingerprint density at radius 1 is 1.29 bits per heavy atom. The van der Waals surface area contributed by atoms with Crippen molar-refractivity contribution in [2.24, 2.45) is 5.92 Å². The van der Waals surface area contributed by atoms with Gasteiger partial charge in [-0.25, -0.2) is 9.78 Å². The Kier molecular flexibility index (Phi) is 3.74. The maximum absolute atomic E-state index is 12.6. The molecule has 0 N–H and O–H groups in total. The minimum atomic E-state index is -0.764. The van der Waals surface area contributed by atoms with Crippen LogP contribution in [0.25, 0.3) is 22.4 Å². The van der Waals surface area contributed by atoms with E-state index in [4.69, 9.17) is 32.4 Å². The van der Waals surface area contributed by atoms with E-state index in [0.29, 0.717) is 29.0 Å². The van der Waals surface area contributed by atoms with E-state index in [1.807, 2.05) is 24.3 Å². The molecule has 1 fully saturated rings. The van der Waals surface area contributed by atoms with Gasteiger partial charge in [-0.1, -0.05) is 18.2 Å². The number of esters is 1. The molecule has 0 aliphatic heterocycles. The largest absolute Gasteiger partial charge is 0.463 e. The molecular formula is C18H13Cl2NO3. The molecule has 24 heavy (non-hydrogen) atoms. The highest BCUT2D eigenvalue weighted by molar-refractivity contribution is 6.50. The van der Waals surface area contributed by atoms with Crippen LogP contribution in [0.4, 0.5) is 0 Å². The van der Waals surface area contributed by atoms with E-state index in [1.54, 1.807) is 24.5 Å². The van der Waals surface area contributed by atoms with Gasteiger partial charge in [0.15, 0.2) is 5.76 Å². The molecule has 122 valence electrons. The summed E-state index contributed by atoms with van der Waals surface area (Å²) in [4.78, 5) is 17.1. The first-order valence-corrected chi connectivity index (χ1v) is 8.29. The number of aromatic nitrogens is 1. The molecule has 4 nitrogen and oxygen atoms in total. The Labute approximate surface area is 148 Å². The van der Waals surface area contributed by atoms with Gasteiger partial charge in [0.1, 0.15) is 10.0 Å². The van der Waals surface area contributed by atoms with Gasteiger partial charge in [0, 0.05) is 11.3 Å². The van der Waals surface area contributed by atoms with Crippen molar-refractivity contribution in [1.29, 1.82) is 0 Å². The summed E-state index contributed by atoms with van der Waals surface area (Å²) in [5.41, 5.74) is 1.73. The zero-order chi connectivity index (χ0) is 16.7. The van der Waals surface area contributed by atoms with Gasteiger partial charge in [-0.05, 0) is 30.7 Å². The third kappa shape index (κ3) is 2.87. The van der Waals surface area contributed by atoms with Crippen LogP contribution in [-0.4, -0.2) is 21.9 Å². The maximum atomic E-state index is 12.6. The van der Waals surface area contributed by atoms with Gasteiger partial charge in [0.05, 0.1) is 24.0 Å². The Morgan fingerprint density at radius 3 is 2.79 bits per heavy atom. The van der Waals surface area contributed by atoms with Crippen LogP contribution >= 0.6 is 23.2 Å². The summed E-state index contributed by atoms with van der Waals surface area (Å²) >= 11 is 12.0. The van der Waals surface area contributed by atoms with Crippen LogP contribution in [0.5, 0.6) is 0 Å². The molecule has 6 heteroatoms. The average molecular weight is 362 g/mol. The van der Waals surface area contributed by atoms with Crippen LogP contribution in [0.1, 0.15) is 16.8 Å². The molecule has 2 aromatic heterocycles. The molecule has 1 aliphatic carbocycles. The van der Waals surface area contributed by atoms with Crippen molar-refractivity contribution >= 4 is 40.1 Å². The molecule has 1 aromatic carbocycles. The van der Waals surface area contributed by atoms with Crippen LogP contribution in [0.3, 0.4) is 0 Å². The van der Waals surface area contributed by atoms with Gasteiger partial charge >= 0.3 is 5.97 Å². The highest BCUT2D eigenvalue weighted by atomic mass is 35.5. The van der Waals surface area contributed by atoms with Gasteiger partial charge in [-0.3, -0.25) is 0 Å². The van der Waals surface area contributed by atoms with E-state index in [1.165, 1.54) is 0 Å². The lowest BCUT2D eigenvalue weighted by atomic mass is 10.1. The summed E-state index contributed by atoms with van der Waals surface area (Å²) in [6.07, 6.45) is 2.20. The lowest BCUT2D eigenvalue weighted by Gasteiger charge is -2.09. The Hall–Kier alpha value is -2.04. The van der Waals surface area contributed by atoms with Gasteiger partial charge in [0.2, 0.25) is 0 Å². The van der Waals surface area contributed by atoms with Gasteiger partial charge < -0.3 is 9.15 Å². The van der Waals surface area contributed by atoms with Crippen molar-refractivity contribution in [1.82, 2.24) is 4.98 Å². The second-order valence-corrected chi connectivity index (χ2v) is 7.35. The van der Waals surface area contributed by atoms with Crippen LogP contribution < -0.4 is 0 Å². The fourth-order valence-electron chi connectivity index (χ4n) is 2.60. The number of pyridine rings is 1. The number of fused-ring (bicyclic) bond motifs is 1. The molecule has 0 saturated heterocycles. The molecular weight excluding hydrogens is 349 g/mol. The van der Waals surface area contributed by atoms with Gasteiger partial charge in [0.25, 0.3) is 0 Å². The number of halogens is 2. The number of furan rings is 1. The lowest BCUT2D eigenvalue weighted by molar-refractivity contribution is 0.0487. The summed E-state index contributed by atoms with van der Waals surface area (Å²) in [6.45, 7) is 0.207. The maximum Gasteiger partial charge on any atom is 0.338 e.